The van der Waals surface area contributed by atoms with Gasteiger partial charge in [-0.1, -0.05) is 36.4 Å². The number of thiazole rings is 1. The lowest BCUT2D eigenvalue weighted by Crippen LogP contribution is -2.24. The summed E-state index contributed by atoms with van der Waals surface area (Å²) in [6.07, 6.45) is 0.281. The molecule has 0 aliphatic rings. The van der Waals surface area contributed by atoms with E-state index in [1.165, 1.54) is 0 Å². The van der Waals surface area contributed by atoms with Gasteiger partial charge in [-0.2, -0.15) is 0 Å². The molecular formula is C21H22N2O3S. The van der Waals surface area contributed by atoms with Crippen molar-refractivity contribution in [1.82, 2.24) is 10.3 Å². The smallest absolute Gasteiger partial charge is 0.224 e. The number of aryl methyl sites for hydroxylation is 1. The maximum Gasteiger partial charge on any atom is 0.224 e. The van der Waals surface area contributed by atoms with E-state index < -0.39 is 0 Å². The number of methoxy groups -OCH3 is 2. The number of hydrogen-bond donors (Lipinski definition) is 1. The molecule has 1 N–H and O–H groups in total. The van der Waals surface area contributed by atoms with Gasteiger partial charge >= 0.3 is 0 Å². The first kappa shape index (κ1) is 18.9. The molecule has 0 saturated heterocycles. The van der Waals surface area contributed by atoms with E-state index in [1.54, 1.807) is 31.6 Å². The molecule has 1 aromatic heterocycles. The minimum absolute atomic E-state index is 0.0451. The van der Waals surface area contributed by atoms with Gasteiger partial charge in [0.1, 0.15) is 5.01 Å². The van der Waals surface area contributed by atoms with E-state index in [0.717, 1.165) is 26.7 Å². The number of nitrogens with one attached hydrogen (secondary N) is 1. The highest BCUT2D eigenvalue weighted by Gasteiger charge is 2.12. The summed E-state index contributed by atoms with van der Waals surface area (Å²) in [4.78, 5) is 18.0. The first-order chi connectivity index (χ1) is 13.1. The maximum absolute atomic E-state index is 12.3. The summed E-state index contributed by atoms with van der Waals surface area (Å²) in [7, 11) is 3.17. The van der Waals surface area contributed by atoms with Crippen molar-refractivity contribution in [2.45, 2.75) is 19.9 Å². The van der Waals surface area contributed by atoms with Crippen LogP contribution in [-0.2, 0) is 17.8 Å². The van der Waals surface area contributed by atoms with E-state index in [9.17, 15) is 4.79 Å². The highest BCUT2D eigenvalue weighted by Crippen LogP contribution is 2.28. The van der Waals surface area contributed by atoms with Crippen LogP contribution < -0.4 is 14.8 Å². The van der Waals surface area contributed by atoms with Crippen LogP contribution in [0.2, 0.25) is 0 Å². The van der Waals surface area contributed by atoms with Gasteiger partial charge in [0.2, 0.25) is 5.91 Å². The molecule has 0 aliphatic heterocycles. The van der Waals surface area contributed by atoms with Gasteiger partial charge in [0.15, 0.2) is 11.5 Å². The third kappa shape index (κ3) is 4.65. The molecule has 1 amide bonds. The van der Waals surface area contributed by atoms with Gasteiger partial charge in [-0.15, -0.1) is 11.3 Å². The lowest BCUT2D eigenvalue weighted by atomic mass is 10.1. The molecule has 0 saturated carbocycles. The van der Waals surface area contributed by atoms with Gasteiger partial charge in [0.25, 0.3) is 0 Å². The zero-order valence-corrected chi connectivity index (χ0v) is 16.4. The number of ether oxygens (including phenoxy) is 2. The maximum atomic E-state index is 12.3. The van der Waals surface area contributed by atoms with E-state index in [-0.39, 0.29) is 12.3 Å². The molecule has 0 unspecified atom stereocenters. The highest BCUT2D eigenvalue weighted by molar-refractivity contribution is 7.15. The standard InChI is InChI=1S/C21H22N2O3S/c1-14-19(27-21(23-14)16-7-5-4-6-8-16)13-22-20(24)12-15-9-10-17(25-2)18(11-15)26-3/h4-11H,12-13H2,1-3H3,(H,22,24). The van der Waals surface area contributed by atoms with E-state index >= 15 is 0 Å². The van der Waals surface area contributed by atoms with Gasteiger partial charge in [0.05, 0.1) is 32.9 Å². The minimum atomic E-state index is -0.0451. The molecule has 6 heteroatoms. The normalized spacial score (nSPS) is 10.5. The number of carbonyl (C=O) groups excluding carboxylic acids is 1. The second kappa shape index (κ2) is 8.68. The first-order valence-electron chi connectivity index (χ1n) is 8.60. The Kier molecular flexibility index (Phi) is 6.08. The molecule has 1 heterocycles. The van der Waals surface area contributed by atoms with Crippen molar-refractivity contribution in [3.63, 3.8) is 0 Å². The van der Waals surface area contributed by atoms with Gasteiger partial charge in [-0.25, -0.2) is 4.98 Å². The molecule has 0 aliphatic carbocycles. The Morgan fingerprint density at radius 2 is 1.81 bits per heavy atom. The largest absolute Gasteiger partial charge is 0.493 e. The topological polar surface area (TPSA) is 60.5 Å². The number of nitrogens with zero attached hydrogens (tertiary/aromatic N) is 1. The Hall–Kier alpha value is -2.86. The third-order valence-electron chi connectivity index (χ3n) is 4.17. The number of amides is 1. The molecule has 0 atom stereocenters. The van der Waals surface area contributed by atoms with Gasteiger partial charge < -0.3 is 14.8 Å². The van der Waals surface area contributed by atoms with E-state index in [1.807, 2.05) is 49.4 Å². The molecule has 140 valence electrons. The van der Waals surface area contributed by atoms with Gasteiger partial charge in [0, 0.05) is 10.4 Å². The zero-order valence-electron chi connectivity index (χ0n) is 15.6. The number of hydrogen-bond acceptors (Lipinski definition) is 5. The Morgan fingerprint density at radius 3 is 2.52 bits per heavy atom. The van der Waals surface area contributed by atoms with Crippen LogP contribution in [0.1, 0.15) is 16.1 Å². The number of rotatable bonds is 7. The van der Waals surface area contributed by atoms with E-state index in [4.69, 9.17) is 9.47 Å². The van der Waals surface area contributed by atoms with Crippen molar-refractivity contribution in [2.75, 3.05) is 14.2 Å². The Labute approximate surface area is 163 Å². The molecule has 2 aromatic carbocycles. The summed E-state index contributed by atoms with van der Waals surface area (Å²) in [5.74, 6) is 1.22. The molecular weight excluding hydrogens is 360 g/mol. The molecule has 0 spiro atoms. The zero-order chi connectivity index (χ0) is 19.2. The number of benzene rings is 2. The van der Waals surface area contributed by atoms with Crippen molar-refractivity contribution in [3.8, 4) is 22.1 Å². The lowest BCUT2D eigenvalue weighted by Gasteiger charge is -2.09. The van der Waals surface area contributed by atoms with Crippen LogP contribution in [0.5, 0.6) is 11.5 Å². The van der Waals surface area contributed by atoms with Crippen LogP contribution in [0, 0.1) is 6.92 Å². The predicted octanol–water partition coefficient (Wildman–Crippen LogP) is 3.99. The average molecular weight is 382 g/mol. The number of aromatic nitrogens is 1. The molecule has 3 rings (SSSR count). The predicted molar refractivity (Wildman–Crippen MR) is 107 cm³/mol. The fraction of sp³-hybridized carbons (Fsp3) is 0.238. The third-order valence-corrected chi connectivity index (χ3v) is 5.38. The molecule has 5 nitrogen and oxygen atoms in total. The fourth-order valence-electron chi connectivity index (χ4n) is 2.71. The van der Waals surface area contributed by atoms with E-state index in [2.05, 4.69) is 10.3 Å². The number of carbonyl (C=O) groups is 1. The summed E-state index contributed by atoms with van der Waals surface area (Å²) in [6.45, 7) is 2.45. The summed E-state index contributed by atoms with van der Waals surface area (Å²) in [6, 6.07) is 15.6. The molecule has 0 bridgehead atoms. The fourth-order valence-corrected chi connectivity index (χ4v) is 3.72. The van der Waals surface area contributed by atoms with Gasteiger partial charge in [-0.05, 0) is 24.6 Å². The van der Waals surface area contributed by atoms with Gasteiger partial charge in [-0.3, -0.25) is 4.79 Å². The van der Waals surface area contributed by atoms with E-state index in [0.29, 0.717) is 18.0 Å². The monoisotopic (exact) mass is 382 g/mol. The van der Waals surface area contributed by atoms with Crippen molar-refractivity contribution < 1.29 is 14.3 Å². The molecule has 3 aromatic rings. The average Bonchev–Trinajstić information content (AvgIpc) is 3.07. The highest BCUT2D eigenvalue weighted by atomic mass is 32.1. The van der Waals surface area contributed by atoms with Crippen molar-refractivity contribution in [2.24, 2.45) is 0 Å². The van der Waals surface area contributed by atoms with Crippen LogP contribution in [0.15, 0.2) is 48.5 Å². The minimum Gasteiger partial charge on any atom is -0.493 e. The van der Waals surface area contributed by atoms with Crippen molar-refractivity contribution >= 4 is 17.2 Å². The van der Waals surface area contributed by atoms with Crippen molar-refractivity contribution in [1.29, 1.82) is 0 Å². The quantitative estimate of drug-likeness (QED) is 0.671. The summed E-state index contributed by atoms with van der Waals surface area (Å²) in [5.41, 5.74) is 2.91. The Balaban J connectivity index is 1.62. The summed E-state index contributed by atoms with van der Waals surface area (Å²) < 4.78 is 10.5. The van der Waals surface area contributed by atoms with Crippen LogP contribution >= 0.6 is 11.3 Å². The van der Waals surface area contributed by atoms with Crippen LogP contribution in [0.3, 0.4) is 0 Å². The summed E-state index contributed by atoms with van der Waals surface area (Å²) >= 11 is 1.61. The summed E-state index contributed by atoms with van der Waals surface area (Å²) in [5, 5.41) is 3.95. The Bertz CT molecular complexity index is 922. The van der Waals surface area contributed by atoms with Crippen LogP contribution in [0.4, 0.5) is 0 Å². The SMILES string of the molecule is COc1ccc(CC(=O)NCc2sc(-c3ccccc3)nc2C)cc1OC. The molecule has 0 radical (unpaired) electrons. The molecule has 0 fully saturated rings. The lowest BCUT2D eigenvalue weighted by molar-refractivity contribution is -0.120. The Morgan fingerprint density at radius 1 is 1.07 bits per heavy atom. The van der Waals surface area contributed by atoms with Crippen LogP contribution in [0.25, 0.3) is 10.6 Å². The molecule has 27 heavy (non-hydrogen) atoms. The van der Waals surface area contributed by atoms with Crippen molar-refractivity contribution in [3.05, 3.63) is 64.7 Å². The van der Waals surface area contributed by atoms with Crippen LogP contribution in [-0.4, -0.2) is 25.1 Å². The first-order valence-corrected chi connectivity index (χ1v) is 9.41. The second-order valence-corrected chi connectivity index (χ2v) is 7.12. The second-order valence-electron chi connectivity index (χ2n) is 6.04.